The Morgan fingerprint density at radius 1 is 1.00 bits per heavy atom. The lowest BCUT2D eigenvalue weighted by molar-refractivity contribution is 0.711. The maximum Gasteiger partial charge on any atom is 0.170 e. The SMILES string of the molecule is Cc1cccc(NC(=S)NCCCCc2ccccc2)c1. The van der Waals surface area contributed by atoms with Crippen molar-refractivity contribution in [1.29, 1.82) is 0 Å². The van der Waals surface area contributed by atoms with E-state index in [1.165, 1.54) is 17.5 Å². The number of hydrogen-bond acceptors (Lipinski definition) is 1. The third-order valence-corrected chi connectivity index (χ3v) is 3.54. The van der Waals surface area contributed by atoms with Crippen molar-refractivity contribution in [3.8, 4) is 0 Å². The summed E-state index contributed by atoms with van der Waals surface area (Å²) in [4.78, 5) is 0. The molecular weight excluding hydrogens is 276 g/mol. The minimum Gasteiger partial charge on any atom is -0.362 e. The number of aryl methyl sites for hydroxylation is 2. The van der Waals surface area contributed by atoms with Crippen molar-refractivity contribution in [2.75, 3.05) is 11.9 Å². The fourth-order valence-corrected chi connectivity index (χ4v) is 2.42. The quantitative estimate of drug-likeness (QED) is 0.614. The van der Waals surface area contributed by atoms with Crippen molar-refractivity contribution in [2.45, 2.75) is 26.2 Å². The highest BCUT2D eigenvalue weighted by Crippen LogP contribution is 2.09. The maximum absolute atomic E-state index is 5.30. The van der Waals surface area contributed by atoms with Crippen LogP contribution in [0, 0.1) is 6.92 Å². The van der Waals surface area contributed by atoms with Crippen LogP contribution < -0.4 is 10.6 Å². The lowest BCUT2D eigenvalue weighted by Gasteiger charge is -2.11. The predicted octanol–water partition coefficient (Wildman–Crippen LogP) is 4.30. The second-order valence-corrected chi connectivity index (χ2v) is 5.60. The van der Waals surface area contributed by atoms with E-state index in [2.05, 4.69) is 60.0 Å². The molecule has 0 saturated heterocycles. The van der Waals surface area contributed by atoms with Gasteiger partial charge in [-0.05, 0) is 61.7 Å². The van der Waals surface area contributed by atoms with E-state index in [0.29, 0.717) is 5.11 Å². The maximum atomic E-state index is 5.30. The Bertz CT molecular complexity index is 566. The highest BCUT2D eigenvalue weighted by molar-refractivity contribution is 7.80. The third kappa shape index (κ3) is 5.96. The van der Waals surface area contributed by atoms with E-state index >= 15 is 0 Å². The monoisotopic (exact) mass is 298 g/mol. The number of thiocarbonyl (C=S) groups is 1. The van der Waals surface area contributed by atoms with Crippen LogP contribution in [0.1, 0.15) is 24.0 Å². The molecule has 0 saturated carbocycles. The molecule has 0 aromatic heterocycles. The van der Waals surface area contributed by atoms with Crippen LogP contribution in [0.25, 0.3) is 0 Å². The molecule has 0 unspecified atom stereocenters. The molecule has 2 nitrogen and oxygen atoms in total. The van der Waals surface area contributed by atoms with Crippen molar-refractivity contribution in [2.24, 2.45) is 0 Å². The van der Waals surface area contributed by atoms with Gasteiger partial charge in [-0.25, -0.2) is 0 Å². The molecule has 0 radical (unpaired) electrons. The van der Waals surface area contributed by atoms with Gasteiger partial charge in [0.2, 0.25) is 0 Å². The van der Waals surface area contributed by atoms with Gasteiger partial charge in [-0.2, -0.15) is 0 Å². The van der Waals surface area contributed by atoms with Crippen LogP contribution in [-0.2, 0) is 6.42 Å². The zero-order chi connectivity index (χ0) is 14.9. The van der Waals surface area contributed by atoms with Crippen LogP contribution >= 0.6 is 12.2 Å². The number of unbranched alkanes of at least 4 members (excludes halogenated alkanes) is 1. The molecule has 21 heavy (non-hydrogen) atoms. The molecule has 0 fully saturated rings. The van der Waals surface area contributed by atoms with Crippen LogP contribution in [-0.4, -0.2) is 11.7 Å². The fraction of sp³-hybridized carbons (Fsp3) is 0.278. The van der Waals surface area contributed by atoms with Crippen LogP contribution in [0.15, 0.2) is 54.6 Å². The molecule has 2 aromatic carbocycles. The zero-order valence-corrected chi connectivity index (χ0v) is 13.2. The van der Waals surface area contributed by atoms with Crippen LogP contribution in [0.4, 0.5) is 5.69 Å². The predicted molar refractivity (Wildman–Crippen MR) is 94.8 cm³/mol. The molecule has 2 N–H and O–H groups in total. The Hall–Kier alpha value is -1.87. The van der Waals surface area contributed by atoms with E-state index in [1.807, 2.05) is 12.1 Å². The summed E-state index contributed by atoms with van der Waals surface area (Å²) in [6.07, 6.45) is 3.41. The molecule has 0 bridgehead atoms. The third-order valence-electron chi connectivity index (χ3n) is 3.30. The van der Waals surface area contributed by atoms with E-state index in [1.54, 1.807) is 0 Å². The Morgan fingerprint density at radius 3 is 2.57 bits per heavy atom. The first-order valence-electron chi connectivity index (χ1n) is 7.39. The van der Waals surface area contributed by atoms with Gasteiger partial charge in [0.15, 0.2) is 5.11 Å². The minimum absolute atomic E-state index is 0.695. The van der Waals surface area contributed by atoms with E-state index in [0.717, 1.165) is 25.1 Å². The van der Waals surface area contributed by atoms with E-state index in [4.69, 9.17) is 12.2 Å². The Labute approximate surface area is 132 Å². The Balaban J connectivity index is 1.61. The molecule has 2 rings (SSSR count). The van der Waals surface area contributed by atoms with Gasteiger partial charge in [0.1, 0.15) is 0 Å². The molecule has 0 atom stereocenters. The highest BCUT2D eigenvalue weighted by Gasteiger charge is 1.98. The molecule has 0 aliphatic carbocycles. The first kappa shape index (κ1) is 15.5. The van der Waals surface area contributed by atoms with Gasteiger partial charge < -0.3 is 10.6 Å². The van der Waals surface area contributed by atoms with Crippen LogP contribution in [0.3, 0.4) is 0 Å². The Kier molecular flexibility index (Phi) is 6.22. The summed E-state index contributed by atoms with van der Waals surface area (Å²) in [5.74, 6) is 0. The number of nitrogens with one attached hydrogen (secondary N) is 2. The molecular formula is C18H22N2S. The summed E-state index contributed by atoms with van der Waals surface area (Å²) in [5, 5.41) is 7.16. The summed E-state index contributed by atoms with van der Waals surface area (Å²) in [7, 11) is 0. The summed E-state index contributed by atoms with van der Waals surface area (Å²) >= 11 is 5.30. The molecule has 0 aliphatic heterocycles. The molecule has 0 aliphatic rings. The molecule has 110 valence electrons. The number of hydrogen-bond donors (Lipinski definition) is 2. The molecule has 0 spiro atoms. The number of anilines is 1. The lowest BCUT2D eigenvalue weighted by atomic mass is 10.1. The second-order valence-electron chi connectivity index (χ2n) is 5.19. The molecule has 3 heteroatoms. The standard InChI is InChI=1S/C18H22N2S/c1-15-8-7-12-17(14-15)20-18(21)19-13-6-5-11-16-9-3-2-4-10-16/h2-4,7-10,12,14H,5-6,11,13H2,1H3,(H2,19,20,21). The van der Waals surface area contributed by atoms with Gasteiger partial charge in [0, 0.05) is 12.2 Å². The normalized spacial score (nSPS) is 10.1. The lowest BCUT2D eigenvalue weighted by Crippen LogP contribution is -2.29. The van der Waals surface area contributed by atoms with Crippen molar-refractivity contribution in [3.05, 3.63) is 65.7 Å². The largest absolute Gasteiger partial charge is 0.362 e. The van der Waals surface area contributed by atoms with Crippen molar-refractivity contribution in [3.63, 3.8) is 0 Å². The van der Waals surface area contributed by atoms with Crippen molar-refractivity contribution >= 4 is 23.0 Å². The van der Waals surface area contributed by atoms with Gasteiger partial charge in [0.05, 0.1) is 0 Å². The summed E-state index contributed by atoms with van der Waals surface area (Å²) in [5.41, 5.74) is 3.67. The van der Waals surface area contributed by atoms with Gasteiger partial charge in [0.25, 0.3) is 0 Å². The number of rotatable bonds is 6. The van der Waals surface area contributed by atoms with Crippen LogP contribution in [0.5, 0.6) is 0 Å². The van der Waals surface area contributed by atoms with E-state index in [-0.39, 0.29) is 0 Å². The van der Waals surface area contributed by atoms with Gasteiger partial charge in [-0.15, -0.1) is 0 Å². The van der Waals surface area contributed by atoms with Gasteiger partial charge in [-0.1, -0.05) is 42.5 Å². The van der Waals surface area contributed by atoms with E-state index < -0.39 is 0 Å². The van der Waals surface area contributed by atoms with Crippen molar-refractivity contribution in [1.82, 2.24) is 5.32 Å². The second kappa shape index (κ2) is 8.42. The first-order valence-corrected chi connectivity index (χ1v) is 7.80. The average Bonchev–Trinajstić information content (AvgIpc) is 2.48. The smallest absolute Gasteiger partial charge is 0.170 e. The summed E-state index contributed by atoms with van der Waals surface area (Å²) < 4.78 is 0. The minimum atomic E-state index is 0.695. The summed E-state index contributed by atoms with van der Waals surface area (Å²) in [6.45, 7) is 2.98. The topological polar surface area (TPSA) is 24.1 Å². The first-order chi connectivity index (χ1) is 10.2. The Morgan fingerprint density at radius 2 is 1.81 bits per heavy atom. The highest BCUT2D eigenvalue weighted by atomic mass is 32.1. The van der Waals surface area contributed by atoms with Crippen molar-refractivity contribution < 1.29 is 0 Å². The molecule has 0 amide bonds. The summed E-state index contributed by atoms with van der Waals surface area (Å²) in [6, 6.07) is 18.8. The van der Waals surface area contributed by atoms with Crippen LogP contribution in [0.2, 0.25) is 0 Å². The van der Waals surface area contributed by atoms with Gasteiger partial charge in [-0.3, -0.25) is 0 Å². The van der Waals surface area contributed by atoms with Gasteiger partial charge >= 0.3 is 0 Å². The zero-order valence-electron chi connectivity index (χ0n) is 12.4. The molecule has 2 aromatic rings. The van der Waals surface area contributed by atoms with E-state index in [9.17, 15) is 0 Å². The molecule has 0 heterocycles. The average molecular weight is 298 g/mol. The fourth-order valence-electron chi connectivity index (χ4n) is 2.20. The number of benzene rings is 2.